The maximum Gasteiger partial charge on any atom is 0.406 e. The van der Waals surface area contributed by atoms with E-state index in [4.69, 9.17) is 4.74 Å². The van der Waals surface area contributed by atoms with Crippen LogP contribution in [0.25, 0.3) is 0 Å². The Balaban J connectivity index is 2.36. The molecule has 1 aromatic rings. The largest absolute Gasteiger partial charge is 0.406 e. The molecule has 0 bridgehead atoms. The highest BCUT2D eigenvalue weighted by molar-refractivity contribution is 5.55. The molecule has 0 aromatic carbocycles. The lowest BCUT2D eigenvalue weighted by atomic mass is 10.1. The molecular weight excluding hydrogens is 236 g/mol. The maximum atomic E-state index is 11.0. The number of rotatable bonds is 2. The summed E-state index contributed by atoms with van der Waals surface area (Å²) >= 11 is 0. The Morgan fingerprint density at radius 2 is 2.28 bits per heavy atom. The Morgan fingerprint density at radius 1 is 1.61 bits per heavy atom. The van der Waals surface area contributed by atoms with Gasteiger partial charge in [0.2, 0.25) is 12.1 Å². The predicted octanol–water partition coefficient (Wildman–Crippen LogP) is 1.33. The second-order valence-corrected chi connectivity index (χ2v) is 5.33. The molecule has 1 aliphatic rings. The summed E-state index contributed by atoms with van der Waals surface area (Å²) in [5.74, 6) is 0.450. The first-order valence-electron chi connectivity index (χ1n) is 5.88. The van der Waals surface area contributed by atoms with Crippen LogP contribution in [0.4, 0.5) is 11.6 Å². The standard InChI is InChI=1S/C11H18N4O3/c1-8-5-14(6-11(2,3)18-8)10-9(15(16)17)12-7-13(10)4/h7-8H,5-6H2,1-4H3. The average Bonchev–Trinajstić information content (AvgIpc) is 2.56. The lowest BCUT2D eigenvalue weighted by Gasteiger charge is -2.42. The Morgan fingerprint density at radius 3 is 2.83 bits per heavy atom. The van der Waals surface area contributed by atoms with Crippen LogP contribution in [-0.2, 0) is 11.8 Å². The number of aryl methyl sites for hydroxylation is 1. The Kier molecular flexibility index (Phi) is 3.02. The normalized spacial score (nSPS) is 23.1. The van der Waals surface area contributed by atoms with Crippen molar-refractivity contribution in [3.05, 3.63) is 16.4 Å². The minimum Gasteiger partial charge on any atom is -0.369 e. The van der Waals surface area contributed by atoms with E-state index in [1.54, 1.807) is 11.6 Å². The molecule has 0 amide bonds. The fraction of sp³-hybridized carbons (Fsp3) is 0.727. The summed E-state index contributed by atoms with van der Waals surface area (Å²) in [6.45, 7) is 7.17. The lowest BCUT2D eigenvalue weighted by Crippen LogP contribution is -2.52. The second-order valence-electron chi connectivity index (χ2n) is 5.33. The van der Waals surface area contributed by atoms with E-state index >= 15 is 0 Å². The van der Waals surface area contributed by atoms with Crippen LogP contribution in [-0.4, -0.2) is 39.3 Å². The third-order valence-electron chi connectivity index (χ3n) is 2.93. The number of imidazole rings is 1. The van der Waals surface area contributed by atoms with Crippen molar-refractivity contribution >= 4 is 11.6 Å². The first kappa shape index (κ1) is 12.8. The molecule has 18 heavy (non-hydrogen) atoms. The molecule has 1 aromatic heterocycles. The summed E-state index contributed by atoms with van der Waals surface area (Å²) in [6, 6.07) is 0. The van der Waals surface area contributed by atoms with Gasteiger partial charge in [0, 0.05) is 20.1 Å². The van der Waals surface area contributed by atoms with Crippen LogP contribution in [0.1, 0.15) is 20.8 Å². The molecule has 100 valence electrons. The highest BCUT2D eigenvalue weighted by Gasteiger charge is 2.36. The van der Waals surface area contributed by atoms with E-state index < -0.39 is 4.92 Å². The number of nitro groups is 1. The van der Waals surface area contributed by atoms with Crippen LogP contribution in [0.3, 0.4) is 0 Å². The van der Waals surface area contributed by atoms with Crippen LogP contribution < -0.4 is 4.90 Å². The van der Waals surface area contributed by atoms with Crippen molar-refractivity contribution in [3.63, 3.8) is 0 Å². The van der Waals surface area contributed by atoms with Gasteiger partial charge in [-0.3, -0.25) is 4.57 Å². The molecular formula is C11H18N4O3. The summed E-state index contributed by atoms with van der Waals surface area (Å²) in [5, 5.41) is 11.0. The van der Waals surface area contributed by atoms with Crippen molar-refractivity contribution < 1.29 is 9.66 Å². The van der Waals surface area contributed by atoms with Gasteiger partial charge in [-0.2, -0.15) is 0 Å². The van der Waals surface area contributed by atoms with Crippen molar-refractivity contribution in [2.75, 3.05) is 18.0 Å². The summed E-state index contributed by atoms with van der Waals surface area (Å²) in [7, 11) is 1.77. The molecule has 0 saturated carbocycles. The third kappa shape index (κ3) is 2.31. The fourth-order valence-electron chi connectivity index (χ4n) is 2.52. The fourth-order valence-corrected chi connectivity index (χ4v) is 2.52. The molecule has 7 heteroatoms. The molecule has 1 saturated heterocycles. The van der Waals surface area contributed by atoms with E-state index in [0.29, 0.717) is 18.9 Å². The zero-order chi connectivity index (χ0) is 13.5. The van der Waals surface area contributed by atoms with Crippen molar-refractivity contribution in [3.8, 4) is 0 Å². The van der Waals surface area contributed by atoms with Gasteiger partial charge in [0.15, 0.2) is 0 Å². The molecule has 2 rings (SSSR count). The minimum absolute atomic E-state index is 0.0308. The van der Waals surface area contributed by atoms with E-state index in [1.807, 2.05) is 25.7 Å². The van der Waals surface area contributed by atoms with Gasteiger partial charge in [-0.25, -0.2) is 0 Å². The van der Waals surface area contributed by atoms with Gasteiger partial charge in [-0.1, -0.05) is 0 Å². The number of hydrogen-bond donors (Lipinski definition) is 0. The van der Waals surface area contributed by atoms with E-state index in [-0.39, 0.29) is 17.5 Å². The van der Waals surface area contributed by atoms with Gasteiger partial charge >= 0.3 is 5.82 Å². The van der Waals surface area contributed by atoms with E-state index in [1.165, 1.54) is 6.33 Å². The van der Waals surface area contributed by atoms with Crippen molar-refractivity contribution in [2.24, 2.45) is 7.05 Å². The molecule has 1 unspecified atom stereocenters. The quantitative estimate of drug-likeness (QED) is 0.588. The summed E-state index contributed by atoms with van der Waals surface area (Å²) in [4.78, 5) is 16.4. The monoisotopic (exact) mass is 254 g/mol. The smallest absolute Gasteiger partial charge is 0.369 e. The van der Waals surface area contributed by atoms with Crippen molar-refractivity contribution in [1.82, 2.24) is 9.55 Å². The van der Waals surface area contributed by atoms with Gasteiger partial charge in [0.05, 0.1) is 11.7 Å². The van der Waals surface area contributed by atoms with Gasteiger partial charge in [0.25, 0.3) is 0 Å². The Hall–Kier alpha value is -1.63. The summed E-state index contributed by atoms with van der Waals surface area (Å²) in [5.41, 5.74) is -0.324. The Labute approximate surface area is 106 Å². The van der Waals surface area contributed by atoms with Crippen LogP contribution in [0.2, 0.25) is 0 Å². The zero-order valence-corrected chi connectivity index (χ0v) is 11.1. The minimum atomic E-state index is -0.442. The zero-order valence-electron chi connectivity index (χ0n) is 11.1. The highest BCUT2D eigenvalue weighted by Crippen LogP contribution is 2.31. The van der Waals surface area contributed by atoms with Gasteiger partial charge in [0.1, 0.15) is 0 Å². The van der Waals surface area contributed by atoms with Crippen molar-refractivity contribution in [1.29, 1.82) is 0 Å². The topological polar surface area (TPSA) is 73.4 Å². The average molecular weight is 254 g/mol. The van der Waals surface area contributed by atoms with Crippen LogP contribution in [0.15, 0.2) is 6.33 Å². The number of nitrogens with zero attached hydrogens (tertiary/aromatic N) is 4. The summed E-state index contributed by atoms with van der Waals surface area (Å²) in [6.07, 6.45) is 1.50. The van der Waals surface area contributed by atoms with Crippen LogP contribution in [0, 0.1) is 10.1 Å². The first-order chi connectivity index (χ1) is 8.30. The molecule has 0 radical (unpaired) electrons. The Bertz CT molecular complexity index is 469. The number of anilines is 1. The molecule has 0 aliphatic carbocycles. The molecule has 0 N–H and O–H groups in total. The number of hydrogen-bond acceptors (Lipinski definition) is 5. The second kappa shape index (κ2) is 4.24. The lowest BCUT2D eigenvalue weighted by molar-refractivity contribution is -0.388. The number of morpholine rings is 1. The van der Waals surface area contributed by atoms with E-state index in [2.05, 4.69) is 4.98 Å². The third-order valence-corrected chi connectivity index (χ3v) is 2.93. The summed E-state index contributed by atoms with van der Waals surface area (Å²) < 4.78 is 7.49. The van der Waals surface area contributed by atoms with Gasteiger partial charge in [-0.05, 0) is 30.7 Å². The molecule has 2 heterocycles. The first-order valence-corrected chi connectivity index (χ1v) is 5.88. The molecule has 1 atom stereocenters. The molecule has 1 fully saturated rings. The molecule has 1 aliphatic heterocycles. The SMILES string of the molecule is CC1CN(c2c([N+](=O)[O-])ncn2C)CC(C)(C)O1. The molecule has 0 spiro atoms. The van der Waals surface area contributed by atoms with Gasteiger partial charge < -0.3 is 19.8 Å². The van der Waals surface area contributed by atoms with Crippen LogP contribution >= 0.6 is 0 Å². The maximum absolute atomic E-state index is 11.0. The van der Waals surface area contributed by atoms with Crippen LogP contribution in [0.5, 0.6) is 0 Å². The van der Waals surface area contributed by atoms with Gasteiger partial charge in [-0.15, -0.1) is 0 Å². The van der Waals surface area contributed by atoms with E-state index in [9.17, 15) is 10.1 Å². The van der Waals surface area contributed by atoms with Crippen molar-refractivity contribution in [2.45, 2.75) is 32.5 Å². The number of aromatic nitrogens is 2. The van der Waals surface area contributed by atoms with E-state index in [0.717, 1.165) is 0 Å². The predicted molar refractivity (Wildman–Crippen MR) is 66.7 cm³/mol. The highest BCUT2D eigenvalue weighted by atomic mass is 16.6. The number of ether oxygens (including phenoxy) is 1. The molecule has 7 nitrogen and oxygen atoms in total.